The first-order chi connectivity index (χ1) is 14.9. The number of amidine groups is 1. The molecule has 5 N–H and O–H groups in total. The van der Waals surface area contributed by atoms with Crippen LogP contribution >= 0.6 is 0 Å². The quantitative estimate of drug-likeness (QED) is 0.221. The molecule has 0 spiro atoms. The van der Waals surface area contributed by atoms with Gasteiger partial charge in [0.25, 0.3) is 5.91 Å². The number of carboxylic acids is 1. The molecule has 1 heterocycles. The molecule has 0 aliphatic carbocycles. The van der Waals surface area contributed by atoms with Crippen molar-refractivity contribution < 1.29 is 19.1 Å². The molecule has 0 aliphatic heterocycles. The van der Waals surface area contributed by atoms with Gasteiger partial charge in [-0.3, -0.25) is 15.0 Å². The fraction of sp³-hybridized carbons (Fsp3) is 0.261. The van der Waals surface area contributed by atoms with E-state index in [0.717, 1.165) is 24.9 Å². The van der Waals surface area contributed by atoms with E-state index >= 15 is 0 Å². The van der Waals surface area contributed by atoms with Gasteiger partial charge >= 0.3 is 5.97 Å². The molecule has 162 valence electrons. The largest absolute Gasteiger partial charge is 0.480 e. The van der Waals surface area contributed by atoms with E-state index in [4.69, 9.17) is 15.6 Å². The minimum atomic E-state index is -0.883. The molecule has 0 saturated carbocycles. The number of hydrogen-bond donors (Lipinski definition) is 4. The van der Waals surface area contributed by atoms with Gasteiger partial charge < -0.3 is 25.5 Å². The van der Waals surface area contributed by atoms with Gasteiger partial charge in [-0.25, -0.2) is 0 Å². The maximum Gasteiger partial charge on any atom is 0.323 e. The highest BCUT2D eigenvalue weighted by Gasteiger charge is 2.16. The first kappa shape index (κ1) is 21.9. The number of unbranched alkanes of at least 4 members (excludes halogenated alkanes) is 2. The first-order valence-electron chi connectivity index (χ1n) is 10.1. The van der Waals surface area contributed by atoms with Crippen LogP contribution in [0.2, 0.25) is 0 Å². The number of carbonyl (C=O) groups excluding carboxylic acids is 1. The molecule has 3 aromatic rings. The highest BCUT2D eigenvalue weighted by atomic mass is 16.4. The minimum absolute atomic E-state index is 0.0548. The normalized spacial score (nSPS) is 10.7. The number of nitrogens with two attached hydrogens (primary N) is 1. The van der Waals surface area contributed by atoms with Gasteiger partial charge in [0.2, 0.25) is 0 Å². The minimum Gasteiger partial charge on any atom is -0.480 e. The molecule has 0 unspecified atom stereocenters. The van der Waals surface area contributed by atoms with E-state index in [1.165, 1.54) is 6.26 Å². The Morgan fingerprint density at radius 2 is 1.90 bits per heavy atom. The number of nitrogens with one attached hydrogen (secondary N) is 2. The molecule has 0 bridgehead atoms. The number of carboxylic acid groups (broad SMARTS) is 1. The van der Waals surface area contributed by atoms with Gasteiger partial charge in [-0.15, -0.1) is 0 Å². The van der Waals surface area contributed by atoms with Gasteiger partial charge in [0.15, 0.2) is 5.76 Å². The van der Waals surface area contributed by atoms with Crippen molar-refractivity contribution in [2.45, 2.75) is 26.2 Å². The van der Waals surface area contributed by atoms with Crippen LogP contribution in [0.15, 0.2) is 53.1 Å². The number of benzene rings is 2. The number of nitrogens with zero attached hydrogens (tertiary/aromatic N) is 1. The molecule has 0 atom stereocenters. The second-order valence-corrected chi connectivity index (χ2v) is 7.30. The molecule has 0 saturated heterocycles. The summed E-state index contributed by atoms with van der Waals surface area (Å²) < 4.78 is 5.45. The van der Waals surface area contributed by atoms with E-state index in [2.05, 4.69) is 12.2 Å². The second kappa shape index (κ2) is 9.80. The Kier molecular flexibility index (Phi) is 6.92. The van der Waals surface area contributed by atoms with Crippen molar-refractivity contribution in [3.8, 4) is 0 Å². The van der Waals surface area contributed by atoms with Gasteiger partial charge in [-0.1, -0.05) is 25.8 Å². The van der Waals surface area contributed by atoms with Crippen LogP contribution in [0.3, 0.4) is 0 Å². The number of fused-ring (bicyclic) bond motifs is 1. The van der Waals surface area contributed by atoms with Crippen molar-refractivity contribution in [3.63, 3.8) is 0 Å². The average molecular weight is 422 g/mol. The number of nitrogen functional groups attached to an aromatic ring is 1. The van der Waals surface area contributed by atoms with Crippen LogP contribution in [0, 0.1) is 5.41 Å². The topological polar surface area (TPSA) is 133 Å². The second-order valence-electron chi connectivity index (χ2n) is 7.30. The van der Waals surface area contributed by atoms with Crippen molar-refractivity contribution in [3.05, 3.63) is 60.1 Å². The van der Waals surface area contributed by atoms with Gasteiger partial charge in [0.1, 0.15) is 12.4 Å². The molecular formula is C23H26N4O4. The van der Waals surface area contributed by atoms with Crippen LogP contribution in [0.5, 0.6) is 0 Å². The maximum atomic E-state index is 12.7. The van der Waals surface area contributed by atoms with E-state index in [0.29, 0.717) is 28.6 Å². The maximum absolute atomic E-state index is 12.7. The number of aliphatic carboxylic acids is 1. The monoisotopic (exact) mass is 422 g/mol. The van der Waals surface area contributed by atoms with E-state index in [9.17, 15) is 14.7 Å². The Bertz CT molecular complexity index is 1090. The standard InChI is InChI=1S/C23H26N4O4/c1-2-3-4-11-27(13-20(28)29)18-8-6-17(7-9-18)26-23(30)21-19-10-5-15(22(24)25)12-16(19)14-31-21/h5-10,12,14H,2-4,11,13H2,1H3,(H3,24,25)(H,26,30)(H,28,29). The van der Waals surface area contributed by atoms with E-state index in [1.54, 1.807) is 42.5 Å². The third kappa shape index (κ3) is 5.42. The third-order valence-electron chi connectivity index (χ3n) is 4.97. The van der Waals surface area contributed by atoms with Crippen LogP contribution < -0.4 is 16.0 Å². The summed E-state index contributed by atoms with van der Waals surface area (Å²) in [4.78, 5) is 25.7. The van der Waals surface area contributed by atoms with Crippen molar-refractivity contribution in [2.75, 3.05) is 23.3 Å². The zero-order valence-electron chi connectivity index (χ0n) is 17.4. The summed E-state index contributed by atoms with van der Waals surface area (Å²) in [6.45, 7) is 2.69. The fourth-order valence-corrected chi connectivity index (χ4v) is 3.36. The number of carbonyl (C=O) groups is 2. The molecule has 8 heteroatoms. The summed E-state index contributed by atoms with van der Waals surface area (Å²) in [5, 5.41) is 20.8. The lowest BCUT2D eigenvalue weighted by Crippen LogP contribution is -2.30. The summed E-state index contributed by atoms with van der Waals surface area (Å²) in [5.74, 6) is -1.17. The first-order valence-corrected chi connectivity index (χ1v) is 10.1. The van der Waals surface area contributed by atoms with Gasteiger partial charge in [-0.05, 0) is 42.8 Å². The van der Waals surface area contributed by atoms with Gasteiger partial charge in [-0.2, -0.15) is 0 Å². The average Bonchev–Trinajstić information content (AvgIpc) is 3.17. The summed E-state index contributed by atoms with van der Waals surface area (Å²) in [5.41, 5.74) is 7.42. The SMILES string of the molecule is CCCCCN(CC(=O)O)c1ccc(NC(=O)c2occ3cc(C(=N)N)ccc23)cc1. The number of furan rings is 1. The number of amides is 1. The predicted molar refractivity (Wildman–Crippen MR) is 121 cm³/mol. The molecule has 0 fully saturated rings. The lowest BCUT2D eigenvalue weighted by Gasteiger charge is -2.23. The van der Waals surface area contributed by atoms with Crippen molar-refractivity contribution in [1.29, 1.82) is 5.41 Å². The molecule has 0 radical (unpaired) electrons. The summed E-state index contributed by atoms with van der Waals surface area (Å²) in [7, 11) is 0. The fourth-order valence-electron chi connectivity index (χ4n) is 3.36. The van der Waals surface area contributed by atoms with Gasteiger partial charge in [0, 0.05) is 34.3 Å². The molecule has 0 aliphatic rings. The van der Waals surface area contributed by atoms with Crippen molar-refractivity contribution in [2.24, 2.45) is 5.73 Å². The summed E-state index contributed by atoms with van der Waals surface area (Å²) in [6, 6.07) is 12.1. The van der Waals surface area contributed by atoms with Crippen molar-refractivity contribution in [1.82, 2.24) is 0 Å². The lowest BCUT2D eigenvalue weighted by atomic mass is 10.1. The predicted octanol–water partition coefficient (Wildman–Crippen LogP) is 4.05. The molecule has 3 rings (SSSR count). The molecule has 31 heavy (non-hydrogen) atoms. The number of anilines is 2. The highest BCUT2D eigenvalue weighted by Crippen LogP contribution is 2.24. The molecule has 2 aromatic carbocycles. The lowest BCUT2D eigenvalue weighted by molar-refractivity contribution is -0.135. The highest BCUT2D eigenvalue weighted by molar-refractivity contribution is 6.12. The van der Waals surface area contributed by atoms with E-state index in [1.807, 2.05) is 4.90 Å². The Balaban J connectivity index is 1.72. The Labute approximate surface area is 180 Å². The third-order valence-corrected chi connectivity index (χ3v) is 4.97. The van der Waals surface area contributed by atoms with Crippen LogP contribution in [0.1, 0.15) is 42.3 Å². The van der Waals surface area contributed by atoms with E-state index < -0.39 is 11.9 Å². The zero-order valence-corrected chi connectivity index (χ0v) is 17.4. The van der Waals surface area contributed by atoms with Crippen LogP contribution in [0.4, 0.5) is 11.4 Å². The van der Waals surface area contributed by atoms with Gasteiger partial charge in [0.05, 0.1) is 6.26 Å². The molecular weight excluding hydrogens is 396 g/mol. The van der Waals surface area contributed by atoms with Crippen molar-refractivity contribution >= 4 is 39.9 Å². The molecule has 8 nitrogen and oxygen atoms in total. The number of hydrogen-bond acceptors (Lipinski definition) is 5. The summed E-state index contributed by atoms with van der Waals surface area (Å²) >= 11 is 0. The molecule has 1 aromatic heterocycles. The Hall–Kier alpha value is -3.81. The van der Waals surface area contributed by atoms with Crippen LogP contribution in [0.25, 0.3) is 10.8 Å². The smallest absolute Gasteiger partial charge is 0.323 e. The van der Waals surface area contributed by atoms with Crippen LogP contribution in [-0.4, -0.2) is 35.9 Å². The number of rotatable bonds is 10. The van der Waals surface area contributed by atoms with Crippen LogP contribution in [-0.2, 0) is 4.79 Å². The molecule has 1 amide bonds. The Morgan fingerprint density at radius 3 is 2.55 bits per heavy atom. The zero-order chi connectivity index (χ0) is 22.4. The summed E-state index contributed by atoms with van der Waals surface area (Å²) in [6.07, 6.45) is 4.47. The Morgan fingerprint density at radius 1 is 1.16 bits per heavy atom. The van der Waals surface area contributed by atoms with E-state index in [-0.39, 0.29) is 18.1 Å².